The fourth-order valence-electron chi connectivity index (χ4n) is 3.06. The van der Waals surface area contributed by atoms with Crippen LogP contribution in [0, 0.1) is 24.0 Å². The minimum Gasteiger partial charge on any atom is -0.494 e. The van der Waals surface area contributed by atoms with E-state index in [1.807, 2.05) is 30.3 Å². The predicted octanol–water partition coefficient (Wildman–Crippen LogP) is 3.52. The smallest absolute Gasteiger partial charge is 0.331 e. The number of benzene rings is 2. The van der Waals surface area contributed by atoms with E-state index in [-0.39, 0.29) is 23.5 Å². The third kappa shape index (κ3) is 4.64. The topological polar surface area (TPSA) is 131 Å². The van der Waals surface area contributed by atoms with Crippen molar-refractivity contribution >= 4 is 33.5 Å². The molecule has 31 heavy (non-hydrogen) atoms. The molecule has 0 unspecified atom stereocenters. The molecular formula is C21H19BrN4O5. The third-order valence-electron chi connectivity index (χ3n) is 4.98. The van der Waals surface area contributed by atoms with Crippen molar-refractivity contribution in [1.82, 2.24) is 9.55 Å². The Balaban J connectivity index is 2.04. The molecule has 0 aliphatic heterocycles. The second kappa shape index (κ2) is 9.09. The van der Waals surface area contributed by atoms with E-state index < -0.39 is 22.1 Å². The first-order valence-corrected chi connectivity index (χ1v) is 10.1. The highest BCUT2D eigenvalue weighted by atomic mass is 79.9. The zero-order valence-electron chi connectivity index (χ0n) is 16.8. The van der Waals surface area contributed by atoms with Crippen molar-refractivity contribution in [2.24, 2.45) is 4.99 Å². The maximum absolute atomic E-state index is 12.3. The van der Waals surface area contributed by atoms with Crippen molar-refractivity contribution in [3.05, 3.63) is 94.1 Å². The number of halogens is 1. The lowest BCUT2D eigenvalue weighted by Gasteiger charge is -2.10. The van der Waals surface area contributed by atoms with Crippen LogP contribution in [-0.2, 0) is 13.0 Å². The summed E-state index contributed by atoms with van der Waals surface area (Å²) in [6.45, 7) is 3.57. The minimum absolute atomic E-state index is 0.0616. The largest absolute Gasteiger partial charge is 0.494 e. The Labute approximate surface area is 185 Å². The van der Waals surface area contributed by atoms with Gasteiger partial charge in [0.2, 0.25) is 5.88 Å². The Bertz CT molecular complexity index is 1300. The Morgan fingerprint density at radius 1 is 1.23 bits per heavy atom. The Hall–Kier alpha value is -3.53. The highest BCUT2D eigenvalue weighted by Gasteiger charge is 2.20. The number of hydrogen-bond acceptors (Lipinski definition) is 6. The second-order valence-corrected chi connectivity index (χ2v) is 7.73. The maximum atomic E-state index is 12.3. The lowest BCUT2D eigenvalue weighted by molar-refractivity contribution is -0.384. The molecule has 2 N–H and O–H groups in total. The molecule has 3 aromatic rings. The number of nitro groups is 1. The first-order chi connectivity index (χ1) is 14.7. The monoisotopic (exact) mass is 486 g/mol. The van der Waals surface area contributed by atoms with E-state index >= 15 is 0 Å². The van der Waals surface area contributed by atoms with E-state index in [0.717, 1.165) is 21.9 Å². The molecule has 0 atom stereocenters. The van der Waals surface area contributed by atoms with Crippen molar-refractivity contribution in [1.29, 1.82) is 0 Å². The van der Waals surface area contributed by atoms with Gasteiger partial charge in [-0.15, -0.1) is 0 Å². The molecule has 0 radical (unpaired) electrons. The molecule has 0 bridgehead atoms. The minimum atomic E-state index is -0.837. The molecule has 2 aromatic carbocycles. The van der Waals surface area contributed by atoms with Crippen LogP contribution < -0.4 is 11.2 Å². The summed E-state index contributed by atoms with van der Waals surface area (Å²) in [5, 5.41) is 22.0. The van der Waals surface area contributed by atoms with E-state index in [9.17, 15) is 24.8 Å². The summed E-state index contributed by atoms with van der Waals surface area (Å²) in [5.74, 6) is -0.553. The number of aromatic nitrogens is 2. The van der Waals surface area contributed by atoms with E-state index in [2.05, 4.69) is 25.9 Å². The van der Waals surface area contributed by atoms with Gasteiger partial charge in [-0.3, -0.25) is 24.5 Å². The number of aromatic amines is 1. The number of aromatic hydroxyl groups is 1. The van der Waals surface area contributed by atoms with Crippen LogP contribution in [0.25, 0.3) is 0 Å². The molecular weight excluding hydrogens is 468 g/mol. The Morgan fingerprint density at radius 2 is 1.90 bits per heavy atom. The lowest BCUT2D eigenvalue weighted by Crippen LogP contribution is -2.32. The quantitative estimate of drug-likeness (QED) is 0.312. The van der Waals surface area contributed by atoms with Crippen molar-refractivity contribution in [3.8, 4) is 5.88 Å². The molecule has 0 aliphatic rings. The maximum Gasteiger partial charge on any atom is 0.331 e. The molecule has 0 amide bonds. The molecule has 0 saturated heterocycles. The summed E-state index contributed by atoms with van der Waals surface area (Å²) >= 11 is 3.28. The van der Waals surface area contributed by atoms with E-state index in [4.69, 9.17) is 0 Å². The van der Waals surface area contributed by atoms with Crippen LogP contribution in [0.3, 0.4) is 0 Å². The van der Waals surface area contributed by atoms with Gasteiger partial charge in [-0.2, -0.15) is 0 Å². The van der Waals surface area contributed by atoms with Gasteiger partial charge in [-0.1, -0.05) is 46.3 Å². The van der Waals surface area contributed by atoms with Crippen molar-refractivity contribution in [2.75, 3.05) is 0 Å². The molecule has 0 aliphatic carbocycles. The molecule has 9 nitrogen and oxygen atoms in total. The summed E-state index contributed by atoms with van der Waals surface area (Å²) in [6.07, 6.45) is 1.49. The summed E-state index contributed by atoms with van der Waals surface area (Å²) in [6, 6.07) is 10.7. The van der Waals surface area contributed by atoms with Crippen LogP contribution in [0.5, 0.6) is 5.88 Å². The molecule has 0 fully saturated rings. The fraction of sp³-hybridized carbons (Fsp3) is 0.190. The number of hydrogen-bond donors (Lipinski definition) is 2. The molecule has 3 rings (SSSR count). The van der Waals surface area contributed by atoms with E-state index in [0.29, 0.717) is 16.5 Å². The summed E-state index contributed by atoms with van der Waals surface area (Å²) in [4.78, 5) is 41.6. The third-order valence-corrected chi connectivity index (χ3v) is 5.80. The average molecular weight is 487 g/mol. The molecule has 0 saturated carbocycles. The van der Waals surface area contributed by atoms with Gasteiger partial charge in [-0.05, 0) is 37.0 Å². The summed E-state index contributed by atoms with van der Waals surface area (Å²) in [5.41, 5.74) is 0.211. The standard InChI is InChI=1S/C21H19BrN4O5/c1-12-13(2)18(17(26(30)31)10-16(12)22)23-11-15-19(27)24-21(29)25(20(15)28)9-8-14-6-4-3-5-7-14/h3-7,10-11,28H,8-9H2,1-2H3,(H,24,27,29). The van der Waals surface area contributed by atoms with Gasteiger partial charge in [0.25, 0.3) is 11.2 Å². The molecule has 1 aromatic heterocycles. The van der Waals surface area contributed by atoms with Gasteiger partial charge in [0.15, 0.2) is 0 Å². The SMILES string of the molecule is Cc1c(Br)cc([N+](=O)[O-])c(N=Cc2c(O)n(CCc3ccccc3)c(=O)[nH]c2=O)c1C. The van der Waals surface area contributed by atoms with E-state index in [1.54, 1.807) is 13.8 Å². The van der Waals surface area contributed by atoms with Crippen LogP contribution in [-0.4, -0.2) is 25.8 Å². The number of nitrogens with zero attached hydrogens (tertiary/aromatic N) is 3. The van der Waals surface area contributed by atoms with Gasteiger partial charge < -0.3 is 5.11 Å². The zero-order chi connectivity index (χ0) is 22.7. The average Bonchev–Trinajstić information content (AvgIpc) is 2.73. The first-order valence-electron chi connectivity index (χ1n) is 9.29. The number of H-pyrrole nitrogens is 1. The lowest BCUT2D eigenvalue weighted by atomic mass is 10.1. The molecule has 0 spiro atoms. The highest BCUT2D eigenvalue weighted by molar-refractivity contribution is 9.10. The number of nitrogens with one attached hydrogen (secondary N) is 1. The number of nitro benzene ring substituents is 1. The van der Waals surface area contributed by atoms with Crippen molar-refractivity contribution in [3.63, 3.8) is 0 Å². The van der Waals surface area contributed by atoms with Crippen LogP contribution in [0.2, 0.25) is 0 Å². The highest BCUT2D eigenvalue weighted by Crippen LogP contribution is 2.37. The zero-order valence-corrected chi connectivity index (χ0v) is 18.3. The number of aliphatic imine (C=N–C) groups is 1. The fourth-order valence-corrected chi connectivity index (χ4v) is 3.58. The summed E-state index contributed by atoms with van der Waals surface area (Å²) in [7, 11) is 0. The number of rotatable bonds is 6. The van der Waals surface area contributed by atoms with Gasteiger partial charge in [0.1, 0.15) is 11.3 Å². The Morgan fingerprint density at radius 3 is 2.55 bits per heavy atom. The van der Waals surface area contributed by atoms with Gasteiger partial charge in [-0.25, -0.2) is 9.79 Å². The van der Waals surface area contributed by atoms with Crippen LogP contribution >= 0.6 is 15.9 Å². The molecule has 10 heteroatoms. The van der Waals surface area contributed by atoms with Gasteiger partial charge in [0, 0.05) is 23.3 Å². The first kappa shape index (κ1) is 22.2. The second-order valence-electron chi connectivity index (χ2n) is 6.88. The van der Waals surface area contributed by atoms with Gasteiger partial charge in [0.05, 0.1) is 4.92 Å². The normalized spacial score (nSPS) is 11.2. The van der Waals surface area contributed by atoms with Gasteiger partial charge >= 0.3 is 5.69 Å². The predicted molar refractivity (Wildman–Crippen MR) is 121 cm³/mol. The summed E-state index contributed by atoms with van der Waals surface area (Å²) < 4.78 is 1.59. The molecule has 160 valence electrons. The van der Waals surface area contributed by atoms with Crippen LogP contribution in [0.4, 0.5) is 11.4 Å². The van der Waals surface area contributed by atoms with Crippen molar-refractivity contribution in [2.45, 2.75) is 26.8 Å². The van der Waals surface area contributed by atoms with E-state index in [1.165, 1.54) is 6.07 Å². The van der Waals surface area contributed by atoms with Crippen molar-refractivity contribution < 1.29 is 10.0 Å². The molecule has 1 heterocycles. The van der Waals surface area contributed by atoms with Crippen LogP contribution in [0.15, 0.2) is 55.5 Å². The Kier molecular flexibility index (Phi) is 6.50. The van der Waals surface area contributed by atoms with Crippen LogP contribution in [0.1, 0.15) is 22.3 Å². The number of aryl methyl sites for hydroxylation is 1.